The molecule has 1 aliphatic carbocycles. The molecule has 2 aromatic rings. The zero-order valence-electron chi connectivity index (χ0n) is 15.2. The minimum atomic E-state index is -0.807. The molecule has 28 heavy (non-hydrogen) atoms. The fraction of sp³-hybridized carbons (Fsp3) is 0.333. The van der Waals surface area contributed by atoms with Gasteiger partial charge in [-0.25, -0.2) is 4.39 Å². The summed E-state index contributed by atoms with van der Waals surface area (Å²) >= 11 is 11.8. The molecule has 1 saturated carbocycles. The monoisotopic (exact) mass is 422 g/mol. The van der Waals surface area contributed by atoms with E-state index in [2.05, 4.69) is 10.6 Å². The van der Waals surface area contributed by atoms with Crippen LogP contribution < -0.4 is 10.6 Å². The van der Waals surface area contributed by atoms with Crippen LogP contribution in [0.1, 0.15) is 52.8 Å². The van der Waals surface area contributed by atoms with Crippen LogP contribution in [0.2, 0.25) is 10.0 Å². The van der Waals surface area contributed by atoms with Crippen LogP contribution in [0.5, 0.6) is 0 Å². The predicted molar refractivity (Wildman–Crippen MR) is 110 cm³/mol. The fourth-order valence-electron chi connectivity index (χ4n) is 3.41. The molecular formula is C21H21Cl2FN2O2. The maximum absolute atomic E-state index is 14.1. The minimum Gasteiger partial charge on any atom is -0.352 e. The summed E-state index contributed by atoms with van der Waals surface area (Å²) in [6.07, 6.45) is 5.82. The molecule has 148 valence electrons. The Hall–Kier alpha value is -2.11. The van der Waals surface area contributed by atoms with E-state index in [1.165, 1.54) is 49.6 Å². The van der Waals surface area contributed by atoms with Crippen LogP contribution in [0.15, 0.2) is 36.4 Å². The van der Waals surface area contributed by atoms with Crippen molar-refractivity contribution in [3.63, 3.8) is 0 Å². The van der Waals surface area contributed by atoms with E-state index in [1.54, 1.807) is 6.07 Å². The first kappa shape index (κ1) is 20.6. The first-order valence-electron chi connectivity index (χ1n) is 9.29. The lowest BCUT2D eigenvalue weighted by atomic mass is 9.89. The van der Waals surface area contributed by atoms with E-state index in [0.29, 0.717) is 17.5 Å². The average Bonchev–Trinajstić information content (AvgIpc) is 2.70. The van der Waals surface area contributed by atoms with Gasteiger partial charge in [0.2, 0.25) is 0 Å². The summed E-state index contributed by atoms with van der Waals surface area (Å²) in [6, 6.07) is 8.75. The van der Waals surface area contributed by atoms with Gasteiger partial charge in [0.15, 0.2) is 5.82 Å². The number of anilines is 1. The molecule has 2 amide bonds. The molecule has 0 heterocycles. The normalized spacial score (nSPS) is 14.5. The van der Waals surface area contributed by atoms with Crippen molar-refractivity contribution in [3.8, 4) is 0 Å². The lowest BCUT2D eigenvalue weighted by molar-refractivity contribution is 0.0944. The number of benzene rings is 2. The molecule has 0 aromatic heterocycles. The Morgan fingerprint density at radius 3 is 2.50 bits per heavy atom. The van der Waals surface area contributed by atoms with Crippen molar-refractivity contribution in [2.24, 2.45) is 5.92 Å². The topological polar surface area (TPSA) is 58.2 Å². The third-order valence-corrected chi connectivity index (χ3v) is 5.47. The highest BCUT2D eigenvalue weighted by Crippen LogP contribution is 2.25. The number of carbonyl (C=O) groups is 2. The molecule has 0 unspecified atom stereocenters. The number of amides is 2. The molecule has 0 spiro atoms. The van der Waals surface area contributed by atoms with E-state index < -0.39 is 11.7 Å². The number of hydrogen-bond donors (Lipinski definition) is 2. The SMILES string of the molecule is O=C(NCC1CCCCC1)c1cc(Cl)ccc1NC(=O)c1cccc(Cl)c1F. The highest BCUT2D eigenvalue weighted by atomic mass is 35.5. The van der Waals surface area contributed by atoms with Gasteiger partial charge in [0, 0.05) is 11.6 Å². The Labute approximate surface area is 173 Å². The zero-order chi connectivity index (χ0) is 20.1. The largest absolute Gasteiger partial charge is 0.352 e. The Balaban J connectivity index is 1.75. The summed E-state index contributed by atoms with van der Waals surface area (Å²) < 4.78 is 14.1. The van der Waals surface area contributed by atoms with Crippen molar-refractivity contribution in [1.29, 1.82) is 0 Å². The Bertz CT molecular complexity index is 883. The van der Waals surface area contributed by atoms with Crippen LogP contribution in [0, 0.1) is 11.7 Å². The van der Waals surface area contributed by atoms with E-state index in [-0.39, 0.29) is 27.7 Å². The van der Waals surface area contributed by atoms with Gasteiger partial charge in [-0.1, -0.05) is 48.5 Å². The Morgan fingerprint density at radius 1 is 1.00 bits per heavy atom. The van der Waals surface area contributed by atoms with Gasteiger partial charge in [0.1, 0.15) is 0 Å². The van der Waals surface area contributed by atoms with Crippen LogP contribution >= 0.6 is 23.2 Å². The molecule has 3 rings (SSSR count). The molecule has 0 atom stereocenters. The van der Waals surface area contributed by atoms with Crippen molar-refractivity contribution in [3.05, 3.63) is 63.4 Å². The smallest absolute Gasteiger partial charge is 0.258 e. The van der Waals surface area contributed by atoms with E-state index in [4.69, 9.17) is 23.2 Å². The van der Waals surface area contributed by atoms with Gasteiger partial charge in [-0.15, -0.1) is 0 Å². The molecule has 2 aromatic carbocycles. The molecule has 2 N–H and O–H groups in total. The Morgan fingerprint density at radius 2 is 1.75 bits per heavy atom. The average molecular weight is 423 g/mol. The summed E-state index contributed by atoms with van der Waals surface area (Å²) in [5.74, 6) is -1.35. The molecule has 7 heteroatoms. The molecule has 0 bridgehead atoms. The molecular weight excluding hydrogens is 402 g/mol. The second-order valence-corrected chi connectivity index (χ2v) is 7.80. The van der Waals surface area contributed by atoms with Gasteiger partial charge in [-0.2, -0.15) is 0 Å². The summed E-state index contributed by atoms with van der Waals surface area (Å²) in [6.45, 7) is 0.585. The van der Waals surface area contributed by atoms with Crippen molar-refractivity contribution < 1.29 is 14.0 Å². The van der Waals surface area contributed by atoms with Crippen LogP contribution in [-0.4, -0.2) is 18.4 Å². The fourth-order valence-corrected chi connectivity index (χ4v) is 3.75. The predicted octanol–water partition coefficient (Wildman–Crippen LogP) is 5.69. The number of nitrogens with one attached hydrogen (secondary N) is 2. The Kier molecular flexibility index (Phi) is 6.92. The highest BCUT2D eigenvalue weighted by Gasteiger charge is 2.20. The highest BCUT2D eigenvalue weighted by molar-refractivity contribution is 6.31. The van der Waals surface area contributed by atoms with Gasteiger partial charge in [0.05, 0.1) is 21.8 Å². The van der Waals surface area contributed by atoms with Gasteiger partial charge in [-0.3, -0.25) is 9.59 Å². The molecule has 1 aliphatic rings. The number of hydrogen-bond acceptors (Lipinski definition) is 2. The first-order chi connectivity index (χ1) is 13.5. The lowest BCUT2D eigenvalue weighted by Crippen LogP contribution is -2.31. The summed E-state index contributed by atoms with van der Waals surface area (Å²) in [4.78, 5) is 25.2. The third-order valence-electron chi connectivity index (χ3n) is 4.95. The van der Waals surface area contributed by atoms with Gasteiger partial charge >= 0.3 is 0 Å². The first-order valence-corrected chi connectivity index (χ1v) is 10.0. The van der Waals surface area contributed by atoms with Crippen LogP contribution in [0.4, 0.5) is 10.1 Å². The minimum absolute atomic E-state index is 0.144. The second-order valence-electron chi connectivity index (χ2n) is 6.96. The summed E-state index contributed by atoms with van der Waals surface area (Å²) in [5, 5.41) is 5.74. The van der Waals surface area contributed by atoms with Crippen molar-refractivity contribution in [2.75, 3.05) is 11.9 Å². The molecule has 4 nitrogen and oxygen atoms in total. The maximum Gasteiger partial charge on any atom is 0.258 e. The van der Waals surface area contributed by atoms with Crippen molar-refractivity contribution in [2.45, 2.75) is 32.1 Å². The quantitative estimate of drug-likeness (QED) is 0.649. The summed E-state index contributed by atoms with van der Waals surface area (Å²) in [5.41, 5.74) is 0.296. The van der Waals surface area contributed by atoms with Gasteiger partial charge in [0.25, 0.3) is 11.8 Å². The molecule has 1 fully saturated rings. The standard InChI is InChI=1S/C21H21Cl2FN2O2/c22-14-9-10-18(26-21(28)15-7-4-8-17(23)19(15)24)16(11-14)20(27)25-12-13-5-2-1-3-6-13/h4,7-11,13H,1-3,5-6,12H2,(H,25,27)(H,26,28). The van der Waals surface area contributed by atoms with E-state index in [9.17, 15) is 14.0 Å². The van der Waals surface area contributed by atoms with Crippen LogP contribution in [0.3, 0.4) is 0 Å². The number of rotatable bonds is 5. The molecule has 0 radical (unpaired) electrons. The molecule has 0 saturated heterocycles. The van der Waals surface area contributed by atoms with E-state index >= 15 is 0 Å². The van der Waals surface area contributed by atoms with Gasteiger partial charge in [-0.05, 0) is 49.1 Å². The lowest BCUT2D eigenvalue weighted by Gasteiger charge is -2.22. The number of carbonyl (C=O) groups excluding carboxylic acids is 2. The zero-order valence-corrected chi connectivity index (χ0v) is 16.7. The second kappa shape index (κ2) is 9.39. The van der Waals surface area contributed by atoms with Crippen molar-refractivity contribution >= 4 is 40.7 Å². The third kappa shape index (κ3) is 5.03. The maximum atomic E-state index is 14.1. The van der Waals surface area contributed by atoms with Crippen molar-refractivity contribution in [1.82, 2.24) is 5.32 Å². The van der Waals surface area contributed by atoms with Crippen LogP contribution in [0.25, 0.3) is 0 Å². The van der Waals surface area contributed by atoms with E-state index in [0.717, 1.165) is 12.8 Å². The number of halogens is 3. The van der Waals surface area contributed by atoms with E-state index in [1.807, 2.05) is 0 Å². The molecule has 0 aliphatic heterocycles. The summed E-state index contributed by atoms with van der Waals surface area (Å²) in [7, 11) is 0. The van der Waals surface area contributed by atoms with Crippen LogP contribution in [-0.2, 0) is 0 Å². The van der Waals surface area contributed by atoms with Gasteiger partial charge < -0.3 is 10.6 Å².